The van der Waals surface area contributed by atoms with Crippen LogP contribution in [0.25, 0.3) is 0 Å². The Morgan fingerprint density at radius 3 is 3.13 bits per heavy atom. The maximum Gasteiger partial charge on any atom is 0.271 e. The van der Waals surface area contributed by atoms with Crippen LogP contribution in [0.2, 0.25) is 6.32 Å². The molecule has 0 atom stereocenters. The molecular weight excluding hydrogens is 187 g/mol. The highest BCUT2D eigenvalue weighted by molar-refractivity contribution is 6.37. The van der Waals surface area contributed by atoms with E-state index < -0.39 is 0 Å². The third kappa shape index (κ3) is 2.20. The molecular formula is C11H15BN2O. The molecule has 1 aliphatic heterocycles. The minimum atomic E-state index is 0.0859. The molecule has 1 aliphatic rings. The molecule has 0 N–H and O–H groups in total. The number of hydrogen-bond acceptors (Lipinski definition) is 2. The second-order valence-corrected chi connectivity index (χ2v) is 3.87. The number of carbonyl (C=O) groups is 1. The number of aromatic nitrogens is 1. The SMILES string of the molecule is CCc1cccc(C(=O)N2CBCC2)n1. The summed E-state index contributed by atoms with van der Waals surface area (Å²) in [5.74, 6) is 0.0859. The van der Waals surface area contributed by atoms with E-state index in [4.69, 9.17) is 0 Å². The van der Waals surface area contributed by atoms with Crippen molar-refractivity contribution in [3.05, 3.63) is 29.6 Å². The summed E-state index contributed by atoms with van der Waals surface area (Å²) >= 11 is 0. The Kier molecular flexibility index (Phi) is 3.04. The van der Waals surface area contributed by atoms with Gasteiger partial charge in [-0.15, -0.1) is 0 Å². The van der Waals surface area contributed by atoms with Gasteiger partial charge in [0, 0.05) is 12.2 Å². The number of carbonyl (C=O) groups excluding carboxylic acids is 1. The molecule has 2 heterocycles. The number of rotatable bonds is 2. The van der Waals surface area contributed by atoms with Crippen molar-refractivity contribution in [1.82, 2.24) is 9.88 Å². The van der Waals surface area contributed by atoms with E-state index in [2.05, 4.69) is 4.98 Å². The summed E-state index contributed by atoms with van der Waals surface area (Å²) in [6.45, 7) is 2.93. The van der Waals surface area contributed by atoms with Crippen LogP contribution in [-0.4, -0.2) is 36.1 Å². The second kappa shape index (κ2) is 4.47. The van der Waals surface area contributed by atoms with Crippen molar-refractivity contribution in [1.29, 1.82) is 0 Å². The Morgan fingerprint density at radius 1 is 1.60 bits per heavy atom. The molecule has 78 valence electrons. The first-order chi connectivity index (χ1) is 7.31. The number of amides is 1. The third-order valence-electron chi connectivity index (χ3n) is 2.78. The van der Waals surface area contributed by atoms with Gasteiger partial charge in [-0.25, -0.2) is 4.98 Å². The molecule has 1 saturated heterocycles. The normalized spacial score (nSPS) is 15.1. The van der Waals surface area contributed by atoms with Crippen LogP contribution in [0, 0.1) is 0 Å². The van der Waals surface area contributed by atoms with E-state index in [9.17, 15) is 4.79 Å². The summed E-state index contributed by atoms with van der Waals surface area (Å²) in [6, 6.07) is 5.68. The van der Waals surface area contributed by atoms with Crippen molar-refractivity contribution in [2.75, 3.05) is 13.0 Å². The Hall–Kier alpha value is -1.32. The minimum absolute atomic E-state index is 0.0859. The summed E-state index contributed by atoms with van der Waals surface area (Å²) in [4.78, 5) is 18.2. The van der Waals surface area contributed by atoms with E-state index in [0.29, 0.717) is 5.69 Å². The van der Waals surface area contributed by atoms with Crippen LogP contribution in [0.15, 0.2) is 18.2 Å². The lowest BCUT2D eigenvalue weighted by atomic mass is 9.79. The van der Waals surface area contributed by atoms with Crippen LogP contribution < -0.4 is 0 Å². The van der Waals surface area contributed by atoms with Crippen molar-refractivity contribution < 1.29 is 4.79 Å². The fourth-order valence-electron chi connectivity index (χ4n) is 1.88. The predicted octanol–water partition coefficient (Wildman–Crippen LogP) is 0.912. The van der Waals surface area contributed by atoms with Crippen molar-refractivity contribution in [2.24, 2.45) is 0 Å². The van der Waals surface area contributed by atoms with Crippen LogP contribution in [0.5, 0.6) is 0 Å². The maximum absolute atomic E-state index is 12.0. The highest BCUT2D eigenvalue weighted by Crippen LogP contribution is 2.08. The summed E-state index contributed by atoms with van der Waals surface area (Å²) in [7, 11) is 1.12. The quantitative estimate of drug-likeness (QED) is 0.668. The summed E-state index contributed by atoms with van der Waals surface area (Å²) in [5.41, 5.74) is 1.58. The molecule has 0 aromatic carbocycles. The Morgan fingerprint density at radius 2 is 2.47 bits per heavy atom. The number of pyridine rings is 1. The molecule has 0 saturated carbocycles. The van der Waals surface area contributed by atoms with Crippen molar-refractivity contribution in [3.63, 3.8) is 0 Å². The molecule has 0 radical (unpaired) electrons. The van der Waals surface area contributed by atoms with Gasteiger partial charge in [0.2, 0.25) is 0 Å². The highest BCUT2D eigenvalue weighted by atomic mass is 16.2. The van der Waals surface area contributed by atoms with Gasteiger partial charge in [0.25, 0.3) is 5.91 Å². The lowest BCUT2D eigenvalue weighted by molar-refractivity contribution is 0.0795. The highest BCUT2D eigenvalue weighted by Gasteiger charge is 2.20. The molecule has 4 heteroatoms. The van der Waals surface area contributed by atoms with E-state index >= 15 is 0 Å². The van der Waals surface area contributed by atoms with E-state index in [-0.39, 0.29) is 5.91 Å². The molecule has 2 rings (SSSR count). The largest absolute Gasteiger partial charge is 0.346 e. The molecule has 1 amide bonds. The van der Waals surface area contributed by atoms with Gasteiger partial charge < -0.3 is 4.90 Å². The zero-order chi connectivity index (χ0) is 10.7. The molecule has 0 bridgehead atoms. The zero-order valence-electron chi connectivity index (χ0n) is 9.07. The fourth-order valence-corrected chi connectivity index (χ4v) is 1.88. The zero-order valence-corrected chi connectivity index (χ0v) is 9.07. The molecule has 0 unspecified atom stereocenters. The summed E-state index contributed by atoms with van der Waals surface area (Å²) in [6.07, 6.45) is 2.89. The van der Waals surface area contributed by atoms with E-state index in [1.807, 2.05) is 24.0 Å². The first-order valence-corrected chi connectivity index (χ1v) is 5.56. The molecule has 0 aliphatic carbocycles. The average molecular weight is 202 g/mol. The standard InChI is InChI=1S/C11H15BN2O/c1-2-9-4-3-5-10(13-9)11(15)14-7-6-12-8-14/h3-5,12H,2,6-8H2,1H3. The number of hydrogen-bond donors (Lipinski definition) is 0. The third-order valence-corrected chi connectivity index (χ3v) is 2.78. The predicted molar refractivity (Wildman–Crippen MR) is 61.5 cm³/mol. The molecule has 15 heavy (non-hydrogen) atoms. The first-order valence-electron chi connectivity index (χ1n) is 5.56. The maximum atomic E-state index is 12.0. The smallest absolute Gasteiger partial charge is 0.271 e. The topological polar surface area (TPSA) is 33.2 Å². The van der Waals surface area contributed by atoms with Crippen LogP contribution in [-0.2, 0) is 6.42 Å². The van der Waals surface area contributed by atoms with Crippen molar-refractivity contribution in [2.45, 2.75) is 19.7 Å². The van der Waals surface area contributed by atoms with Crippen LogP contribution in [0.3, 0.4) is 0 Å². The van der Waals surface area contributed by atoms with Crippen LogP contribution in [0.4, 0.5) is 0 Å². The lowest BCUT2D eigenvalue weighted by Gasteiger charge is -2.15. The number of aryl methyl sites for hydroxylation is 1. The first kappa shape index (κ1) is 10.2. The average Bonchev–Trinajstić information content (AvgIpc) is 2.81. The summed E-state index contributed by atoms with van der Waals surface area (Å²) in [5, 5.41) is 0. The monoisotopic (exact) mass is 202 g/mol. The molecule has 1 aromatic rings. The minimum Gasteiger partial charge on any atom is -0.346 e. The Labute approximate surface area is 90.7 Å². The van der Waals surface area contributed by atoms with Crippen molar-refractivity contribution in [3.8, 4) is 0 Å². The van der Waals surface area contributed by atoms with Gasteiger partial charge in [0.1, 0.15) is 13.0 Å². The number of nitrogens with zero attached hydrogens (tertiary/aromatic N) is 2. The van der Waals surface area contributed by atoms with E-state index in [1.54, 1.807) is 6.07 Å². The Balaban J connectivity index is 2.17. The lowest BCUT2D eigenvalue weighted by Crippen LogP contribution is -2.29. The van der Waals surface area contributed by atoms with Gasteiger partial charge in [-0.1, -0.05) is 19.3 Å². The van der Waals surface area contributed by atoms with Gasteiger partial charge in [-0.3, -0.25) is 4.79 Å². The Bertz CT molecular complexity index is 361. The fraction of sp³-hybridized carbons (Fsp3) is 0.455. The molecule has 1 aromatic heterocycles. The van der Waals surface area contributed by atoms with Gasteiger partial charge >= 0.3 is 0 Å². The molecule has 1 fully saturated rings. The molecule has 3 nitrogen and oxygen atoms in total. The van der Waals surface area contributed by atoms with Gasteiger partial charge in [0.05, 0.1) is 0 Å². The van der Waals surface area contributed by atoms with Gasteiger partial charge in [-0.2, -0.15) is 0 Å². The van der Waals surface area contributed by atoms with E-state index in [1.165, 1.54) is 0 Å². The molecule has 0 spiro atoms. The van der Waals surface area contributed by atoms with E-state index in [0.717, 1.165) is 38.7 Å². The van der Waals surface area contributed by atoms with Gasteiger partial charge in [-0.05, 0) is 25.0 Å². The second-order valence-electron chi connectivity index (χ2n) is 3.87. The van der Waals surface area contributed by atoms with Crippen LogP contribution >= 0.6 is 0 Å². The summed E-state index contributed by atoms with van der Waals surface area (Å²) < 4.78 is 0. The van der Waals surface area contributed by atoms with Crippen LogP contribution in [0.1, 0.15) is 23.1 Å². The van der Waals surface area contributed by atoms with Crippen molar-refractivity contribution >= 4 is 13.2 Å². The van der Waals surface area contributed by atoms with Gasteiger partial charge in [0.15, 0.2) is 0 Å².